The minimum absolute atomic E-state index is 0.0762. The monoisotopic (exact) mass is 322 g/mol. The maximum atomic E-state index is 11.5. The molecule has 0 radical (unpaired) electrons. The first-order valence-corrected chi connectivity index (χ1v) is 9.27. The summed E-state index contributed by atoms with van der Waals surface area (Å²) in [4.78, 5) is 0. The van der Waals surface area contributed by atoms with Crippen LogP contribution in [0.3, 0.4) is 0 Å². The molecule has 0 saturated heterocycles. The normalized spacial score (nSPS) is 56.5. The SMILES string of the molecule is C=CC1(C)CC(O)C2C(O)(CCC3C(C)(CO)CCCC32C)C1. The summed E-state index contributed by atoms with van der Waals surface area (Å²) < 4.78 is 0. The number of hydrogen-bond donors (Lipinski definition) is 3. The summed E-state index contributed by atoms with van der Waals surface area (Å²) in [6.07, 6.45) is 7.64. The molecule has 132 valence electrons. The van der Waals surface area contributed by atoms with E-state index in [1.807, 2.05) is 6.08 Å². The molecule has 0 bridgehead atoms. The van der Waals surface area contributed by atoms with Crippen LogP contribution in [-0.4, -0.2) is 33.6 Å². The van der Waals surface area contributed by atoms with Gasteiger partial charge in [0.2, 0.25) is 0 Å². The van der Waals surface area contributed by atoms with Gasteiger partial charge < -0.3 is 15.3 Å². The van der Waals surface area contributed by atoms with Crippen LogP contribution in [0.4, 0.5) is 0 Å². The molecule has 3 rings (SSSR count). The molecular formula is C20H34O3. The standard InChI is InChI=1S/C20H34O3/c1-5-17(2)11-14(22)16-19(4)9-6-8-18(3,13-21)15(19)7-10-20(16,23)12-17/h5,14-16,21-23H,1,6-13H2,2-4H3. The number of rotatable bonds is 2. The van der Waals surface area contributed by atoms with E-state index < -0.39 is 11.7 Å². The van der Waals surface area contributed by atoms with E-state index in [1.54, 1.807) is 0 Å². The number of hydrogen-bond acceptors (Lipinski definition) is 3. The Morgan fingerprint density at radius 3 is 2.48 bits per heavy atom. The lowest BCUT2D eigenvalue weighted by atomic mass is 9.41. The van der Waals surface area contributed by atoms with E-state index in [1.165, 1.54) is 0 Å². The van der Waals surface area contributed by atoms with Crippen LogP contribution < -0.4 is 0 Å². The fourth-order valence-electron chi connectivity index (χ4n) is 6.94. The van der Waals surface area contributed by atoms with Crippen molar-refractivity contribution in [2.75, 3.05) is 6.61 Å². The topological polar surface area (TPSA) is 60.7 Å². The Labute approximate surface area is 140 Å². The molecule has 0 aliphatic heterocycles. The largest absolute Gasteiger partial charge is 0.396 e. The second-order valence-electron chi connectivity index (χ2n) is 9.65. The minimum atomic E-state index is -0.806. The van der Waals surface area contributed by atoms with Gasteiger partial charge in [0, 0.05) is 12.5 Å². The van der Waals surface area contributed by atoms with Crippen LogP contribution in [-0.2, 0) is 0 Å². The quantitative estimate of drug-likeness (QED) is 0.684. The zero-order valence-electron chi connectivity index (χ0n) is 15.0. The van der Waals surface area contributed by atoms with E-state index in [0.29, 0.717) is 18.8 Å². The van der Waals surface area contributed by atoms with Crippen molar-refractivity contribution in [3.05, 3.63) is 12.7 Å². The Morgan fingerprint density at radius 1 is 1.17 bits per heavy atom. The molecule has 7 atom stereocenters. The van der Waals surface area contributed by atoms with Gasteiger partial charge in [-0.05, 0) is 60.7 Å². The fraction of sp³-hybridized carbons (Fsp3) is 0.900. The molecule has 0 amide bonds. The molecule has 3 saturated carbocycles. The Bertz CT molecular complexity index is 491. The molecule has 0 heterocycles. The third kappa shape index (κ3) is 2.42. The molecule has 23 heavy (non-hydrogen) atoms. The van der Waals surface area contributed by atoms with Gasteiger partial charge in [-0.15, -0.1) is 6.58 Å². The Balaban J connectivity index is 2.01. The highest BCUT2D eigenvalue weighted by Crippen LogP contribution is 2.66. The molecule has 0 aromatic carbocycles. The molecule has 7 unspecified atom stereocenters. The summed E-state index contributed by atoms with van der Waals surface area (Å²) in [7, 11) is 0. The van der Waals surface area contributed by atoms with Crippen molar-refractivity contribution >= 4 is 0 Å². The van der Waals surface area contributed by atoms with Crippen molar-refractivity contribution in [3.8, 4) is 0 Å². The zero-order valence-corrected chi connectivity index (χ0v) is 15.0. The maximum absolute atomic E-state index is 11.5. The molecule has 3 heteroatoms. The average molecular weight is 322 g/mol. The van der Waals surface area contributed by atoms with Crippen LogP contribution in [0.15, 0.2) is 12.7 Å². The molecule has 3 aliphatic rings. The Hall–Kier alpha value is -0.380. The Morgan fingerprint density at radius 2 is 1.87 bits per heavy atom. The number of fused-ring (bicyclic) bond motifs is 3. The van der Waals surface area contributed by atoms with Crippen molar-refractivity contribution in [1.82, 2.24) is 0 Å². The van der Waals surface area contributed by atoms with E-state index in [-0.39, 0.29) is 28.8 Å². The predicted octanol–water partition coefficient (Wildman–Crippen LogP) is 3.28. The first-order valence-electron chi connectivity index (χ1n) is 9.27. The van der Waals surface area contributed by atoms with Crippen LogP contribution in [0.25, 0.3) is 0 Å². The van der Waals surface area contributed by atoms with Gasteiger partial charge >= 0.3 is 0 Å². The van der Waals surface area contributed by atoms with Crippen LogP contribution in [0.2, 0.25) is 0 Å². The van der Waals surface area contributed by atoms with E-state index in [9.17, 15) is 15.3 Å². The first-order chi connectivity index (χ1) is 10.6. The highest BCUT2D eigenvalue weighted by atomic mass is 16.3. The van der Waals surface area contributed by atoms with Gasteiger partial charge in [0.1, 0.15) is 0 Å². The zero-order chi connectivity index (χ0) is 17.1. The van der Waals surface area contributed by atoms with Crippen LogP contribution in [0.5, 0.6) is 0 Å². The molecule has 3 nitrogen and oxygen atoms in total. The van der Waals surface area contributed by atoms with Gasteiger partial charge in [-0.25, -0.2) is 0 Å². The molecule has 0 aromatic rings. The third-order valence-electron chi connectivity index (χ3n) is 7.88. The first kappa shape index (κ1) is 17.4. The summed E-state index contributed by atoms with van der Waals surface area (Å²) in [6, 6.07) is 0. The number of allylic oxidation sites excluding steroid dienone is 1. The smallest absolute Gasteiger partial charge is 0.0714 e. The number of aliphatic hydroxyl groups is 3. The van der Waals surface area contributed by atoms with Gasteiger partial charge in [-0.3, -0.25) is 0 Å². The van der Waals surface area contributed by atoms with Crippen LogP contribution in [0, 0.1) is 28.1 Å². The van der Waals surface area contributed by atoms with Crippen molar-refractivity contribution in [1.29, 1.82) is 0 Å². The van der Waals surface area contributed by atoms with E-state index in [4.69, 9.17) is 0 Å². The van der Waals surface area contributed by atoms with Crippen LogP contribution >= 0.6 is 0 Å². The highest BCUT2D eigenvalue weighted by molar-refractivity contribution is 5.16. The summed E-state index contributed by atoms with van der Waals surface area (Å²) in [6.45, 7) is 10.7. The van der Waals surface area contributed by atoms with Crippen molar-refractivity contribution < 1.29 is 15.3 Å². The lowest BCUT2D eigenvalue weighted by molar-refractivity contribution is -0.242. The van der Waals surface area contributed by atoms with Gasteiger partial charge in [0.25, 0.3) is 0 Å². The summed E-state index contributed by atoms with van der Waals surface area (Å²) in [5.41, 5.74) is -1.17. The van der Waals surface area contributed by atoms with Gasteiger partial charge in [-0.2, -0.15) is 0 Å². The lowest BCUT2D eigenvalue weighted by Gasteiger charge is -2.65. The van der Waals surface area contributed by atoms with E-state index in [2.05, 4.69) is 27.4 Å². The highest BCUT2D eigenvalue weighted by Gasteiger charge is 2.64. The molecular weight excluding hydrogens is 288 g/mol. The second kappa shape index (κ2) is 5.31. The summed E-state index contributed by atoms with van der Waals surface area (Å²) >= 11 is 0. The van der Waals surface area contributed by atoms with Crippen molar-refractivity contribution in [2.45, 2.75) is 77.4 Å². The molecule has 3 fully saturated rings. The number of aliphatic hydroxyl groups excluding tert-OH is 2. The van der Waals surface area contributed by atoms with E-state index >= 15 is 0 Å². The lowest BCUT2D eigenvalue weighted by Crippen LogP contribution is -2.66. The molecule has 0 spiro atoms. The Kier molecular flexibility index (Phi) is 4.02. The van der Waals surface area contributed by atoms with Crippen LogP contribution in [0.1, 0.15) is 65.7 Å². The van der Waals surface area contributed by atoms with Crippen molar-refractivity contribution in [3.63, 3.8) is 0 Å². The summed E-state index contributed by atoms with van der Waals surface area (Å²) in [5, 5.41) is 32.5. The minimum Gasteiger partial charge on any atom is -0.396 e. The predicted molar refractivity (Wildman–Crippen MR) is 91.9 cm³/mol. The van der Waals surface area contributed by atoms with Gasteiger partial charge in [0.05, 0.1) is 11.7 Å². The van der Waals surface area contributed by atoms with E-state index in [0.717, 1.165) is 32.1 Å². The average Bonchev–Trinajstić information content (AvgIpc) is 2.45. The molecule has 3 aliphatic carbocycles. The van der Waals surface area contributed by atoms with Crippen molar-refractivity contribution in [2.24, 2.45) is 28.1 Å². The molecule has 0 aromatic heterocycles. The second-order valence-corrected chi connectivity index (χ2v) is 9.65. The fourth-order valence-corrected chi connectivity index (χ4v) is 6.94. The molecule has 3 N–H and O–H groups in total. The maximum Gasteiger partial charge on any atom is 0.0714 e. The van der Waals surface area contributed by atoms with Gasteiger partial charge in [-0.1, -0.05) is 33.3 Å². The summed E-state index contributed by atoms with van der Waals surface area (Å²) in [5.74, 6) is 0.287. The van der Waals surface area contributed by atoms with Gasteiger partial charge in [0.15, 0.2) is 0 Å². The third-order valence-corrected chi connectivity index (χ3v) is 7.88.